The van der Waals surface area contributed by atoms with Gasteiger partial charge in [0.25, 0.3) is 0 Å². The van der Waals surface area contributed by atoms with Gasteiger partial charge in [0.1, 0.15) is 5.69 Å². The van der Waals surface area contributed by atoms with Crippen LogP contribution in [-0.4, -0.2) is 58.9 Å². The predicted molar refractivity (Wildman–Crippen MR) is 90.1 cm³/mol. The van der Waals surface area contributed by atoms with Crippen molar-refractivity contribution in [3.63, 3.8) is 0 Å². The molecule has 0 radical (unpaired) electrons. The molecule has 5 heteroatoms. The number of benzene rings is 1. The molecule has 0 spiro atoms. The molecule has 1 saturated heterocycles. The van der Waals surface area contributed by atoms with E-state index in [4.69, 9.17) is 4.52 Å². The van der Waals surface area contributed by atoms with Crippen LogP contribution in [0.5, 0.6) is 0 Å². The van der Waals surface area contributed by atoms with Crippen molar-refractivity contribution in [1.29, 1.82) is 0 Å². The summed E-state index contributed by atoms with van der Waals surface area (Å²) in [5.74, 6) is 0.907. The molecule has 3 rings (SSSR count). The number of hydrogen-bond donors (Lipinski definition) is 1. The molecule has 0 amide bonds. The second-order valence-corrected chi connectivity index (χ2v) is 6.47. The van der Waals surface area contributed by atoms with Crippen molar-refractivity contribution in [1.82, 2.24) is 15.0 Å². The van der Waals surface area contributed by atoms with E-state index in [1.807, 2.05) is 13.0 Å². The number of aliphatic hydroxyl groups is 1. The van der Waals surface area contributed by atoms with E-state index in [2.05, 4.69) is 46.1 Å². The van der Waals surface area contributed by atoms with E-state index >= 15 is 0 Å². The second kappa shape index (κ2) is 7.25. The molecule has 1 N–H and O–H groups in total. The van der Waals surface area contributed by atoms with Crippen molar-refractivity contribution in [3.05, 3.63) is 41.7 Å². The molecule has 1 aromatic heterocycles. The molecule has 2 heterocycles. The van der Waals surface area contributed by atoms with Gasteiger partial charge in [0.05, 0.1) is 12.6 Å². The predicted octanol–water partition coefficient (Wildman–Crippen LogP) is 2.15. The number of aliphatic hydroxyl groups excluding tert-OH is 1. The quantitative estimate of drug-likeness (QED) is 0.916. The summed E-state index contributed by atoms with van der Waals surface area (Å²) in [4.78, 5) is 4.68. The van der Waals surface area contributed by atoms with Gasteiger partial charge in [-0.15, -0.1) is 0 Å². The molecule has 1 aliphatic heterocycles. The van der Waals surface area contributed by atoms with Gasteiger partial charge in [-0.05, 0) is 13.8 Å². The van der Waals surface area contributed by atoms with Crippen molar-refractivity contribution in [2.45, 2.75) is 26.5 Å². The molecule has 2 aromatic rings. The van der Waals surface area contributed by atoms with Crippen LogP contribution in [-0.2, 0) is 6.54 Å². The number of aryl methyl sites for hydroxylation is 1. The Morgan fingerprint density at radius 3 is 2.43 bits per heavy atom. The monoisotopic (exact) mass is 315 g/mol. The fourth-order valence-electron chi connectivity index (χ4n) is 2.97. The minimum absolute atomic E-state index is 0.257. The average Bonchev–Trinajstić information content (AvgIpc) is 2.98. The van der Waals surface area contributed by atoms with Gasteiger partial charge in [-0.3, -0.25) is 9.80 Å². The van der Waals surface area contributed by atoms with Gasteiger partial charge in [-0.1, -0.05) is 35.0 Å². The lowest BCUT2D eigenvalue weighted by Gasteiger charge is -2.34. The van der Waals surface area contributed by atoms with Crippen LogP contribution >= 0.6 is 0 Å². The molecule has 5 nitrogen and oxygen atoms in total. The first kappa shape index (κ1) is 16.2. The smallest absolute Gasteiger partial charge is 0.151 e. The third-order valence-corrected chi connectivity index (χ3v) is 4.27. The van der Waals surface area contributed by atoms with Gasteiger partial charge in [0, 0.05) is 44.4 Å². The van der Waals surface area contributed by atoms with E-state index in [-0.39, 0.29) is 6.10 Å². The number of aromatic nitrogens is 1. The highest BCUT2D eigenvalue weighted by molar-refractivity contribution is 5.59. The Morgan fingerprint density at radius 2 is 1.78 bits per heavy atom. The first-order valence-electron chi connectivity index (χ1n) is 8.25. The van der Waals surface area contributed by atoms with Crippen LogP contribution in [0, 0.1) is 6.92 Å². The summed E-state index contributed by atoms with van der Waals surface area (Å²) in [7, 11) is 0. The van der Waals surface area contributed by atoms with Gasteiger partial charge in [0.2, 0.25) is 0 Å². The molecule has 1 fully saturated rings. The summed E-state index contributed by atoms with van der Waals surface area (Å²) in [5.41, 5.74) is 3.23. The van der Waals surface area contributed by atoms with Crippen LogP contribution in [0.15, 0.2) is 34.9 Å². The Morgan fingerprint density at radius 1 is 1.13 bits per heavy atom. The van der Waals surface area contributed by atoms with E-state index in [0.717, 1.165) is 56.3 Å². The largest absolute Gasteiger partial charge is 0.392 e. The Balaban J connectivity index is 1.55. The lowest BCUT2D eigenvalue weighted by molar-refractivity contribution is 0.0745. The number of hydrogen-bond acceptors (Lipinski definition) is 5. The maximum atomic E-state index is 9.46. The van der Waals surface area contributed by atoms with Crippen LogP contribution in [0.3, 0.4) is 0 Å². The molecule has 1 atom stereocenters. The molecule has 1 aromatic carbocycles. The standard InChI is InChI=1S/C18H25N3O2/c1-14-3-5-16(6-4-14)18-11-17(23-19-18)13-21-9-7-20(8-10-21)12-15(2)22/h3-6,11,15,22H,7-10,12-13H2,1-2H3/t15-/m1/s1. The van der Waals surface area contributed by atoms with Crippen molar-refractivity contribution < 1.29 is 9.63 Å². The number of β-amino-alcohol motifs (C(OH)–C–C–N with tert-alkyl or cyclic N) is 1. The van der Waals surface area contributed by atoms with Gasteiger partial charge in [-0.25, -0.2) is 0 Å². The Hall–Kier alpha value is -1.69. The fourth-order valence-corrected chi connectivity index (χ4v) is 2.97. The van der Waals surface area contributed by atoms with Gasteiger partial charge >= 0.3 is 0 Å². The van der Waals surface area contributed by atoms with E-state index in [1.54, 1.807) is 0 Å². The fraction of sp³-hybridized carbons (Fsp3) is 0.500. The minimum atomic E-state index is -0.257. The Kier molecular flexibility index (Phi) is 5.10. The van der Waals surface area contributed by atoms with Gasteiger partial charge in [-0.2, -0.15) is 0 Å². The Labute approximate surface area is 137 Å². The maximum absolute atomic E-state index is 9.46. The molecule has 124 valence electrons. The van der Waals surface area contributed by atoms with E-state index in [9.17, 15) is 5.11 Å². The highest BCUT2D eigenvalue weighted by Crippen LogP contribution is 2.20. The van der Waals surface area contributed by atoms with E-state index < -0.39 is 0 Å². The first-order valence-corrected chi connectivity index (χ1v) is 8.25. The molecule has 0 bridgehead atoms. The third-order valence-electron chi connectivity index (χ3n) is 4.27. The van der Waals surface area contributed by atoms with Crippen LogP contribution < -0.4 is 0 Å². The zero-order valence-electron chi connectivity index (χ0n) is 13.9. The third kappa shape index (κ3) is 4.41. The zero-order valence-corrected chi connectivity index (χ0v) is 13.9. The highest BCUT2D eigenvalue weighted by atomic mass is 16.5. The second-order valence-electron chi connectivity index (χ2n) is 6.47. The topological polar surface area (TPSA) is 52.7 Å². The van der Waals surface area contributed by atoms with Crippen LogP contribution in [0.4, 0.5) is 0 Å². The van der Waals surface area contributed by atoms with Crippen LogP contribution in [0.2, 0.25) is 0 Å². The van der Waals surface area contributed by atoms with Crippen LogP contribution in [0.1, 0.15) is 18.2 Å². The number of nitrogens with zero attached hydrogens (tertiary/aromatic N) is 3. The van der Waals surface area contributed by atoms with Crippen molar-refractivity contribution in [2.75, 3.05) is 32.7 Å². The zero-order chi connectivity index (χ0) is 16.2. The average molecular weight is 315 g/mol. The van der Waals surface area contributed by atoms with Crippen molar-refractivity contribution >= 4 is 0 Å². The molecule has 0 saturated carbocycles. The normalized spacial score (nSPS) is 18.2. The summed E-state index contributed by atoms with van der Waals surface area (Å²) < 4.78 is 5.50. The molecular formula is C18H25N3O2. The Bertz CT molecular complexity index is 613. The summed E-state index contributed by atoms with van der Waals surface area (Å²) >= 11 is 0. The molecule has 0 unspecified atom stereocenters. The first-order chi connectivity index (χ1) is 11.1. The van der Waals surface area contributed by atoms with Gasteiger partial charge in [0.15, 0.2) is 5.76 Å². The highest BCUT2D eigenvalue weighted by Gasteiger charge is 2.19. The minimum Gasteiger partial charge on any atom is -0.392 e. The molecule has 0 aliphatic carbocycles. The molecule has 1 aliphatic rings. The van der Waals surface area contributed by atoms with Crippen molar-refractivity contribution in [2.24, 2.45) is 0 Å². The van der Waals surface area contributed by atoms with E-state index in [1.165, 1.54) is 5.56 Å². The van der Waals surface area contributed by atoms with Crippen LogP contribution in [0.25, 0.3) is 11.3 Å². The SMILES string of the molecule is Cc1ccc(-c2cc(CN3CCN(C[C@@H](C)O)CC3)on2)cc1. The summed E-state index contributed by atoms with van der Waals surface area (Å²) in [5, 5.41) is 13.6. The summed E-state index contributed by atoms with van der Waals surface area (Å²) in [6, 6.07) is 10.4. The number of piperazine rings is 1. The molecular weight excluding hydrogens is 290 g/mol. The lowest BCUT2D eigenvalue weighted by atomic mass is 10.1. The summed E-state index contributed by atoms with van der Waals surface area (Å²) in [6.07, 6.45) is -0.257. The van der Waals surface area contributed by atoms with Crippen molar-refractivity contribution in [3.8, 4) is 11.3 Å². The summed E-state index contributed by atoms with van der Waals surface area (Å²) in [6.45, 7) is 9.44. The van der Waals surface area contributed by atoms with Gasteiger partial charge < -0.3 is 9.63 Å². The number of rotatable bonds is 5. The molecule has 23 heavy (non-hydrogen) atoms. The maximum Gasteiger partial charge on any atom is 0.151 e. The lowest BCUT2D eigenvalue weighted by Crippen LogP contribution is -2.47. The van der Waals surface area contributed by atoms with E-state index in [0.29, 0.717) is 0 Å².